The molecule has 1 aromatic heterocycles. The molecule has 1 fully saturated rings. The maximum atomic E-state index is 12.7. The number of nitrogens with one attached hydrogen (secondary N) is 1. The number of halogens is 2. The molecule has 0 bridgehead atoms. The fraction of sp³-hybridized carbons (Fsp3) is 0.421. The van der Waals surface area contributed by atoms with E-state index in [1.807, 2.05) is 0 Å². The molecule has 8 heteroatoms. The monoisotopic (exact) mass is 409 g/mol. The van der Waals surface area contributed by atoms with Gasteiger partial charge in [0.15, 0.2) is 0 Å². The lowest BCUT2D eigenvalue weighted by atomic mass is 10.1. The first-order valence-corrected chi connectivity index (χ1v) is 9.71. The summed E-state index contributed by atoms with van der Waals surface area (Å²) in [6.07, 6.45) is 3.58. The van der Waals surface area contributed by atoms with Crippen LogP contribution in [-0.2, 0) is 4.79 Å². The van der Waals surface area contributed by atoms with Gasteiger partial charge in [0.1, 0.15) is 17.0 Å². The highest BCUT2D eigenvalue weighted by molar-refractivity contribution is 6.39. The van der Waals surface area contributed by atoms with E-state index < -0.39 is 0 Å². The standard InChI is InChI=1S/C19H21Cl2N3O3/c1-12-16(18(23-27-12)17-13(20)6-5-7-14(17)21)19(26)22-9-11-24-10-4-2-3-8-15(24)25/h5-7H,2-4,8-11H2,1H3,(H,22,26). The molecule has 2 aromatic rings. The van der Waals surface area contributed by atoms with Crippen LogP contribution in [0.1, 0.15) is 41.8 Å². The SMILES string of the molecule is Cc1onc(-c2c(Cl)cccc2Cl)c1C(=O)NCCN1CCCCCC1=O. The quantitative estimate of drug-likeness (QED) is 0.806. The van der Waals surface area contributed by atoms with Gasteiger partial charge in [-0.05, 0) is 31.9 Å². The summed E-state index contributed by atoms with van der Waals surface area (Å²) < 4.78 is 5.22. The summed E-state index contributed by atoms with van der Waals surface area (Å²) in [6, 6.07) is 5.08. The minimum atomic E-state index is -0.331. The zero-order valence-electron chi connectivity index (χ0n) is 15.1. The van der Waals surface area contributed by atoms with Crippen LogP contribution in [0, 0.1) is 6.92 Å². The third kappa shape index (κ3) is 4.45. The zero-order valence-corrected chi connectivity index (χ0v) is 16.6. The van der Waals surface area contributed by atoms with E-state index >= 15 is 0 Å². The second-order valence-corrected chi connectivity index (χ2v) is 7.32. The van der Waals surface area contributed by atoms with Crippen LogP contribution in [0.4, 0.5) is 0 Å². The van der Waals surface area contributed by atoms with Crippen molar-refractivity contribution in [1.82, 2.24) is 15.4 Å². The minimum absolute atomic E-state index is 0.145. The van der Waals surface area contributed by atoms with Crippen molar-refractivity contribution in [2.75, 3.05) is 19.6 Å². The normalized spacial score (nSPS) is 14.9. The van der Waals surface area contributed by atoms with Gasteiger partial charge in [-0.25, -0.2) is 0 Å². The molecule has 3 rings (SSSR count). The fourth-order valence-electron chi connectivity index (χ4n) is 3.20. The van der Waals surface area contributed by atoms with Crippen LogP contribution in [0.2, 0.25) is 10.0 Å². The number of benzene rings is 1. The van der Waals surface area contributed by atoms with Gasteiger partial charge in [-0.2, -0.15) is 0 Å². The summed E-state index contributed by atoms with van der Waals surface area (Å²) in [6.45, 7) is 3.23. The largest absolute Gasteiger partial charge is 0.360 e. The molecule has 1 aliphatic rings. The number of likely N-dealkylation sites (tertiary alicyclic amines) is 1. The summed E-state index contributed by atoms with van der Waals surface area (Å²) >= 11 is 12.5. The van der Waals surface area contributed by atoms with Crippen LogP contribution in [-0.4, -0.2) is 41.5 Å². The van der Waals surface area contributed by atoms with Crippen LogP contribution in [0.5, 0.6) is 0 Å². The van der Waals surface area contributed by atoms with Crippen LogP contribution in [0.15, 0.2) is 22.7 Å². The molecule has 0 radical (unpaired) electrons. The number of aryl methyl sites for hydroxylation is 1. The predicted molar refractivity (Wildman–Crippen MR) is 104 cm³/mol. The Morgan fingerprint density at radius 3 is 2.74 bits per heavy atom. The van der Waals surface area contributed by atoms with E-state index in [0.717, 1.165) is 25.8 Å². The molecular formula is C19H21Cl2N3O3. The maximum Gasteiger partial charge on any atom is 0.257 e. The summed E-state index contributed by atoms with van der Waals surface area (Å²) in [7, 11) is 0. The van der Waals surface area contributed by atoms with E-state index in [1.165, 1.54) is 0 Å². The Morgan fingerprint density at radius 1 is 1.26 bits per heavy atom. The van der Waals surface area contributed by atoms with Crippen molar-refractivity contribution in [2.24, 2.45) is 0 Å². The average molecular weight is 410 g/mol. The number of hydrogen-bond donors (Lipinski definition) is 1. The smallest absolute Gasteiger partial charge is 0.257 e. The molecule has 1 N–H and O–H groups in total. The Bertz CT molecular complexity index is 830. The number of amides is 2. The fourth-order valence-corrected chi connectivity index (χ4v) is 3.78. The molecule has 0 saturated carbocycles. The number of carbonyl (C=O) groups excluding carboxylic acids is 2. The van der Waals surface area contributed by atoms with E-state index in [9.17, 15) is 9.59 Å². The molecule has 0 aliphatic carbocycles. The lowest BCUT2D eigenvalue weighted by molar-refractivity contribution is -0.130. The van der Waals surface area contributed by atoms with E-state index in [-0.39, 0.29) is 11.8 Å². The van der Waals surface area contributed by atoms with Gasteiger partial charge < -0.3 is 14.7 Å². The van der Waals surface area contributed by atoms with Crippen LogP contribution >= 0.6 is 23.2 Å². The van der Waals surface area contributed by atoms with E-state index in [1.54, 1.807) is 30.0 Å². The molecule has 144 valence electrons. The van der Waals surface area contributed by atoms with Gasteiger partial charge in [0.2, 0.25) is 5.91 Å². The van der Waals surface area contributed by atoms with Crippen LogP contribution in [0.25, 0.3) is 11.3 Å². The topological polar surface area (TPSA) is 75.4 Å². The van der Waals surface area contributed by atoms with Gasteiger partial charge in [-0.1, -0.05) is 40.8 Å². The first kappa shape index (κ1) is 19.7. The molecule has 0 spiro atoms. The van der Waals surface area contributed by atoms with Gasteiger partial charge in [-0.3, -0.25) is 9.59 Å². The highest BCUT2D eigenvalue weighted by atomic mass is 35.5. The number of rotatable bonds is 5. The first-order valence-electron chi connectivity index (χ1n) is 8.95. The van der Waals surface area contributed by atoms with E-state index in [0.29, 0.717) is 52.1 Å². The third-order valence-electron chi connectivity index (χ3n) is 4.63. The highest BCUT2D eigenvalue weighted by Gasteiger charge is 2.25. The number of aromatic nitrogens is 1. The third-order valence-corrected chi connectivity index (χ3v) is 5.26. The lowest BCUT2D eigenvalue weighted by Gasteiger charge is -2.20. The summed E-state index contributed by atoms with van der Waals surface area (Å²) in [4.78, 5) is 26.6. The van der Waals surface area contributed by atoms with Crippen LogP contribution < -0.4 is 5.32 Å². The Kier molecular flexibility index (Phi) is 6.39. The molecule has 0 unspecified atom stereocenters. The number of nitrogens with zero attached hydrogens (tertiary/aromatic N) is 2. The minimum Gasteiger partial charge on any atom is -0.360 e. The molecule has 1 aromatic carbocycles. The van der Waals surface area contributed by atoms with Crippen molar-refractivity contribution in [3.63, 3.8) is 0 Å². The maximum absolute atomic E-state index is 12.7. The molecular weight excluding hydrogens is 389 g/mol. The van der Waals surface area contributed by atoms with Crippen LogP contribution in [0.3, 0.4) is 0 Å². The van der Waals surface area contributed by atoms with Gasteiger partial charge in [-0.15, -0.1) is 0 Å². The molecule has 0 atom stereocenters. The molecule has 1 saturated heterocycles. The summed E-state index contributed by atoms with van der Waals surface area (Å²) in [5, 5.41) is 7.60. The van der Waals surface area contributed by atoms with Gasteiger partial charge in [0, 0.05) is 31.6 Å². The molecule has 6 nitrogen and oxygen atoms in total. The first-order chi connectivity index (χ1) is 13.0. The lowest BCUT2D eigenvalue weighted by Crippen LogP contribution is -2.38. The van der Waals surface area contributed by atoms with Crippen molar-refractivity contribution in [2.45, 2.75) is 32.6 Å². The number of carbonyl (C=O) groups is 2. The van der Waals surface area contributed by atoms with Gasteiger partial charge in [0.05, 0.1) is 10.0 Å². The summed E-state index contributed by atoms with van der Waals surface area (Å²) in [5.74, 6) is 0.192. The Hall–Kier alpha value is -2.05. The molecule has 2 amide bonds. The summed E-state index contributed by atoms with van der Waals surface area (Å²) in [5.41, 5.74) is 1.07. The molecule has 2 heterocycles. The van der Waals surface area contributed by atoms with Crippen molar-refractivity contribution in [3.8, 4) is 11.3 Å². The second kappa shape index (κ2) is 8.76. The van der Waals surface area contributed by atoms with Crippen molar-refractivity contribution in [3.05, 3.63) is 39.6 Å². The molecule has 1 aliphatic heterocycles. The van der Waals surface area contributed by atoms with E-state index in [4.69, 9.17) is 27.7 Å². The van der Waals surface area contributed by atoms with E-state index in [2.05, 4.69) is 10.5 Å². The highest BCUT2D eigenvalue weighted by Crippen LogP contribution is 2.36. The molecule has 27 heavy (non-hydrogen) atoms. The Morgan fingerprint density at radius 2 is 2.00 bits per heavy atom. The number of hydrogen-bond acceptors (Lipinski definition) is 4. The zero-order chi connectivity index (χ0) is 19.4. The van der Waals surface area contributed by atoms with Crippen molar-refractivity contribution < 1.29 is 14.1 Å². The average Bonchev–Trinajstić information content (AvgIpc) is 2.88. The Labute approximate surface area is 167 Å². The van der Waals surface area contributed by atoms with Crippen molar-refractivity contribution in [1.29, 1.82) is 0 Å². The van der Waals surface area contributed by atoms with Gasteiger partial charge in [0.25, 0.3) is 5.91 Å². The van der Waals surface area contributed by atoms with Gasteiger partial charge >= 0.3 is 0 Å². The second-order valence-electron chi connectivity index (χ2n) is 6.51. The van der Waals surface area contributed by atoms with Crippen molar-refractivity contribution >= 4 is 35.0 Å². The Balaban J connectivity index is 1.72. The predicted octanol–water partition coefficient (Wildman–Crippen LogP) is 4.09.